The summed E-state index contributed by atoms with van der Waals surface area (Å²) in [6.07, 6.45) is -9.88. The van der Waals surface area contributed by atoms with Crippen LogP contribution in [0.1, 0.15) is 30.5 Å². The minimum absolute atomic E-state index is 0.141. The summed E-state index contributed by atoms with van der Waals surface area (Å²) in [6.45, 7) is 2.44. The van der Waals surface area contributed by atoms with Crippen molar-refractivity contribution in [2.24, 2.45) is 0 Å². The van der Waals surface area contributed by atoms with E-state index in [0.717, 1.165) is 7.11 Å². The highest BCUT2D eigenvalue weighted by molar-refractivity contribution is 6.19. The van der Waals surface area contributed by atoms with Gasteiger partial charge in [0.2, 0.25) is 0 Å². The van der Waals surface area contributed by atoms with Crippen molar-refractivity contribution < 1.29 is 50.1 Å². The smallest absolute Gasteiger partial charge is 0.417 e. The van der Waals surface area contributed by atoms with Gasteiger partial charge in [0.1, 0.15) is 11.3 Å². The van der Waals surface area contributed by atoms with E-state index >= 15 is 0 Å². The van der Waals surface area contributed by atoms with Crippen molar-refractivity contribution in [1.29, 1.82) is 0 Å². The predicted molar refractivity (Wildman–Crippen MR) is 77.2 cm³/mol. The van der Waals surface area contributed by atoms with Crippen LogP contribution in [0, 0.1) is 0 Å². The molecular formula is C16H12F6O5. The molecule has 1 aromatic carbocycles. The van der Waals surface area contributed by atoms with Gasteiger partial charge in [0, 0.05) is 19.4 Å². The Labute approximate surface area is 148 Å². The van der Waals surface area contributed by atoms with Gasteiger partial charge in [0.05, 0.1) is 18.2 Å². The quantitative estimate of drug-likeness (QED) is 0.327. The zero-order valence-electron chi connectivity index (χ0n) is 14.0. The minimum Gasteiger partial charge on any atom is -0.496 e. The molecule has 11 heteroatoms. The third-order valence-electron chi connectivity index (χ3n) is 3.40. The van der Waals surface area contributed by atoms with Crippen LogP contribution < -0.4 is 4.74 Å². The Morgan fingerprint density at radius 3 is 1.89 bits per heavy atom. The lowest BCUT2D eigenvalue weighted by molar-refractivity contribution is -0.222. The summed E-state index contributed by atoms with van der Waals surface area (Å²) in [5.74, 6) is -5.05. The average molecular weight is 398 g/mol. The largest absolute Gasteiger partial charge is 0.496 e. The van der Waals surface area contributed by atoms with Gasteiger partial charge in [-0.2, -0.15) is 26.3 Å². The van der Waals surface area contributed by atoms with E-state index in [-0.39, 0.29) is 6.07 Å². The zero-order valence-corrected chi connectivity index (χ0v) is 14.0. The third kappa shape index (κ3) is 4.34. The first-order valence-electron chi connectivity index (χ1n) is 7.20. The Hall–Kier alpha value is -2.72. The number of ether oxygens (including phenoxy) is 3. The van der Waals surface area contributed by atoms with Crippen molar-refractivity contribution in [3.8, 4) is 5.75 Å². The molecule has 0 N–H and O–H groups in total. The summed E-state index contributed by atoms with van der Waals surface area (Å²) in [7, 11) is 0.846. The van der Waals surface area contributed by atoms with Crippen LogP contribution in [-0.4, -0.2) is 24.8 Å². The highest BCUT2D eigenvalue weighted by atomic mass is 19.4. The van der Waals surface area contributed by atoms with E-state index < -0.39 is 58.1 Å². The van der Waals surface area contributed by atoms with Crippen molar-refractivity contribution in [3.05, 3.63) is 34.4 Å². The first-order valence-corrected chi connectivity index (χ1v) is 7.20. The lowest BCUT2D eigenvalue weighted by Crippen LogP contribution is -2.41. The summed E-state index contributed by atoms with van der Waals surface area (Å²) >= 11 is 0. The maximum atomic E-state index is 13.3. The summed E-state index contributed by atoms with van der Waals surface area (Å²) in [4.78, 5) is 23.8. The molecule has 1 aliphatic heterocycles. The van der Waals surface area contributed by atoms with Crippen molar-refractivity contribution in [2.75, 3.05) is 7.11 Å². The monoisotopic (exact) mass is 398 g/mol. The van der Waals surface area contributed by atoms with E-state index in [0.29, 0.717) is 12.1 Å². The molecule has 2 rings (SSSR count). The maximum absolute atomic E-state index is 13.3. The molecule has 27 heavy (non-hydrogen) atoms. The van der Waals surface area contributed by atoms with Crippen molar-refractivity contribution in [1.82, 2.24) is 0 Å². The molecule has 0 amide bonds. The van der Waals surface area contributed by atoms with Crippen molar-refractivity contribution >= 4 is 18.0 Å². The molecule has 0 spiro atoms. The van der Waals surface area contributed by atoms with Gasteiger partial charge in [-0.15, -0.1) is 0 Å². The molecule has 0 aromatic heterocycles. The van der Waals surface area contributed by atoms with Gasteiger partial charge in [-0.3, -0.25) is 0 Å². The van der Waals surface area contributed by atoms with Crippen LogP contribution in [0.25, 0.3) is 6.08 Å². The van der Waals surface area contributed by atoms with Crippen LogP contribution in [0.4, 0.5) is 26.3 Å². The average Bonchev–Trinajstić information content (AvgIpc) is 2.47. The topological polar surface area (TPSA) is 61.8 Å². The molecular weight excluding hydrogens is 386 g/mol. The van der Waals surface area contributed by atoms with E-state index in [9.17, 15) is 35.9 Å². The van der Waals surface area contributed by atoms with Crippen LogP contribution in [0.15, 0.2) is 17.7 Å². The standard InChI is InChI=1S/C16H12F6O5/c1-14(2)26-12(23)9(13(24)27-14)6-8-10(16(20,21)22)4-7(15(17,18)19)5-11(8)25-3/h4-6H,1-3H3. The van der Waals surface area contributed by atoms with E-state index in [4.69, 9.17) is 9.47 Å². The minimum atomic E-state index is -5.23. The van der Waals surface area contributed by atoms with Gasteiger partial charge in [-0.05, 0) is 18.2 Å². The molecule has 1 saturated heterocycles. The van der Waals surface area contributed by atoms with Gasteiger partial charge in [-0.25, -0.2) is 9.59 Å². The van der Waals surface area contributed by atoms with Crippen LogP contribution in [0.5, 0.6) is 5.75 Å². The highest BCUT2D eigenvalue weighted by Crippen LogP contribution is 2.42. The Morgan fingerprint density at radius 2 is 1.48 bits per heavy atom. The fourth-order valence-corrected chi connectivity index (χ4v) is 2.27. The van der Waals surface area contributed by atoms with Crippen LogP contribution in [0.2, 0.25) is 0 Å². The summed E-state index contributed by atoms with van der Waals surface area (Å²) < 4.78 is 92.7. The molecule has 0 radical (unpaired) electrons. The number of hydrogen-bond donors (Lipinski definition) is 0. The summed E-state index contributed by atoms with van der Waals surface area (Å²) in [6, 6.07) is 0.184. The fourth-order valence-electron chi connectivity index (χ4n) is 2.27. The first kappa shape index (κ1) is 20.6. The van der Waals surface area contributed by atoms with Gasteiger partial charge in [0.25, 0.3) is 5.79 Å². The molecule has 1 fully saturated rings. The van der Waals surface area contributed by atoms with E-state index in [2.05, 4.69) is 4.74 Å². The lowest BCUT2D eigenvalue weighted by Gasteiger charge is -2.30. The number of rotatable bonds is 2. The number of alkyl halides is 6. The van der Waals surface area contributed by atoms with E-state index in [1.54, 1.807) is 0 Å². The van der Waals surface area contributed by atoms with Crippen molar-refractivity contribution in [3.63, 3.8) is 0 Å². The molecule has 0 bridgehead atoms. The van der Waals surface area contributed by atoms with Crippen LogP contribution in [0.3, 0.4) is 0 Å². The maximum Gasteiger partial charge on any atom is 0.417 e. The predicted octanol–water partition coefficient (Wildman–Crippen LogP) is 3.95. The Morgan fingerprint density at radius 1 is 0.963 bits per heavy atom. The number of methoxy groups -OCH3 is 1. The lowest BCUT2D eigenvalue weighted by atomic mass is 9.99. The first-order chi connectivity index (χ1) is 12.2. The SMILES string of the molecule is COc1cc(C(F)(F)F)cc(C(F)(F)F)c1C=C1C(=O)OC(C)(C)OC1=O. The third-order valence-corrected chi connectivity index (χ3v) is 3.40. The Kier molecular flexibility index (Phi) is 4.93. The number of benzene rings is 1. The molecule has 0 unspecified atom stereocenters. The second kappa shape index (κ2) is 6.46. The van der Waals surface area contributed by atoms with E-state index in [1.165, 1.54) is 13.8 Å². The molecule has 148 valence electrons. The summed E-state index contributed by atoms with van der Waals surface area (Å²) in [5.41, 5.74) is -5.21. The van der Waals surface area contributed by atoms with Gasteiger partial charge in [0.15, 0.2) is 0 Å². The zero-order chi connectivity index (χ0) is 20.8. The van der Waals surface area contributed by atoms with Gasteiger partial charge in [-0.1, -0.05) is 0 Å². The number of hydrogen-bond acceptors (Lipinski definition) is 5. The molecule has 5 nitrogen and oxygen atoms in total. The van der Waals surface area contributed by atoms with Gasteiger partial charge < -0.3 is 14.2 Å². The Balaban J connectivity index is 2.72. The number of cyclic esters (lactones) is 2. The number of carbonyl (C=O) groups is 2. The summed E-state index contributed by atoms with van der Waals surface area (Å²) in [5, 5.41) is 0. The fraction of sp³-hybridized carbons (Fsp3) is 0.375. The molecule has 1 heterocycles. The van der Waals surface area contributed by atoms with Crippen molar-refractivity contribution in [2.45, 2.75) is 32.0 Å². The molecule has 1 aromatic rings. The number of halogens is 6. The number of carbonyl (C=O) groups excluding carboxylic acids is 2. The second-order valence-corrected chi connectivity index (χ2v) is 5.87. The molecule has 1 aliphatic rings. The normalized spacial score (nSPS) is 17.3. The van der Waals surface area contributed by atoms with E-state index in [1.807, 2.05) is 0 Å². The molecule has 0 atom stereocenters. The highest BCUT2D eigenvalue weighted by Gasteiger charge is 2.42. The molecule has 0 aliphatic carbocycles. The second-order valence-electron chi connectivity index (χ2n) is 5.87. The Bertz CT molecular complexity index is 798. The molecule has 0 saturated carbocycles. The van der Waals surface area contributed by atoms with Crippen LogP contribution in [-0.2, 0) is 31.4 Å². The number of esters is 2. The van der Waals surface area contributed by atoms with Crippen LogP contribution >= 0.6 is 0 Å². The van der Waals surface area contributed by atoms with Gasteiger partial charge >= 0.3 is 24.3 Å².